The molecule has 1 aromatic carbocycles. The normalized spacial score (nSPS) is 12.2. The fraction of sp³-hybridized carbons (Fsp3) is 0.273. The molecule has 2 N–H and O–H groups in total. The van der Waals surface area contributed by atoms with E-state index in [1.165, 1.54) is 0 Å². The van der Waals surface area contributed by atoms with Gasteiger partial charge in [0.1, 0.15) is 5.75 Å². The zero-order valence-electron chi connectivity index (χ0n) is 8.55. The molecular formula is C11H12Br3NO. The van der Waals surface area contributed by atoms with E-state index in [0.717, 1.165) is 21.1 Å². The predicted molar refractivity (Wildman–Crippen MR) is 79.3 cm³/mol. The van der Waals surface area contributed by atoms with Crippen molar-refractivity contribution >= 4 is 53.5 Å². The third-order valence-electron chi connectivity index (χ3n) is 1.92. The van der Waals surface area contributed by atoms with Crippen LogP contribution >= 0.6 is 47.8 Å². The highest BCUT2D eigenvalue weighted by Crippen LogP contribution is 2.35. The van der Waals surface area contributed by atoms with Gasteiger partial charge in [-0.05, 0) is 50.4 Å². The van der Waals surface area contributed by atoms with Gasteiger partial charge in [-0.25, -0.2) is 0 Å². The van der Waals surface area contributed by atoms with E-state index in [0.29, 0.717) is 12.3 Å². The number of hydrogen-bond donors (Lipinski definition) is 1. The maximum absolute atomic E-state index is 5.69. The Balaban J connectivity index is 2.63. The Kier molecular flexibility index (Phi) is 5.86. The Morgan fingerprint density at radius 3 is 2.44 bits per heavy atom. The van der Waals surface area contributed by atoms with Crippen LogP contribution in [0.15, 0.2) is 33.7 Å². The van der Waals surface area contributed by atoms with Crippen molar-refractivity contribution in [1.29, 1.82) is 0 Å². The van der Waals surface area contributed by atoms with Crippen molar-refractivity contribution in [2.24, 2.45) is 0 Å². The number of anilines is 1. The van der Waals surface area contributed by atoms with E-state index >= 15 is 0 Å². The van der Waals surface area contributed by atoms with Crippen LogP contribution in [0.25, 0.3) is 0 Å². The van der Waals surface area contributed by atoms with Crippen LogP contribution in [-0.2, 0) is 0 Å². The lowest BCUT2D eigenvalue weighted by Crippen LogP contribution is -2.04. The van der Waals surface area contributed by atoms with Crippen molar-refractivity contribution in [2.45, 2.75) is 11.2 Å². The highest BCUT2D eigenvalue weighted by Gasteiger charge is 2.08. The molecule has 5 heteroatoms. The van der Waals surface area contributed by atoms with Crippen molar-refractivity contribution in [3.63, 3.8) is 0 Å². The van der Waals surface area contributed by atoms with Crippen molar-refractivity contribution in [3.8, 4) is 5.75 Å². The Labute approximate surface area is 121 Å². The van der Waals surface area contributed by atoms with Gasteiger partial charge >= 0.3 is 0 Å². The third kappa shape index (κ3) is 4.11. The largest absolute Gasteiger partial charge is 0.491 e. The van der Waals surface area contributed by atoms with E-state index in [2.05, 4.69) is 54.4 Å². The highest BCUT2D eigenvalue weighted by molar-refractivity contribution is 9.11. The fourth-order valence-corrected chi connectivity index (χ4v) is 2.75. The van der Waals surface area contributed by atoms with Crippen LogP contribution in [0.2, 0.25) is 0 Å². The van der Waals surface area contributed by atoms with Gasteiger partial charge in [-0.3, -0.25) is 0 Å². The number of alkyl halides is 1. The average molecular weight is 414 g/mol. The summed E-state index contributed by atoms with van der Waals surface area (Å²) in [7, 11) is 0. The molecule has 0 heterocycles. The van der Waals surface area contributed by atoms with Crippen LogP contribution in [-0.4, -0.2) is 11.4 Å². The minimum Gasteiger partial charge on any atom is -0.491 e. The molecule has 0 bridgehead atoms. The molecule has 1 unspecified atom stereocenters. The fourth-order valence-electron chi connectivity index (χ4n) is 1.11. The van der Waals surface area contributed by atoms with E-state index in [4.69, 9.17) is 10.5 Å². The van der Waals surface area contributed by atoms with Crippen molar-refractivity contribution in [1.82, 2.24) is 0 Å². The zero-order valence-corrected chi connectivity index (χ0v) is 13.3. The molecule has 1 aromatic rings. The summed E-state index contributed by atoms with van der Waals surface area (Å²) in [6, 6.07) is 3.64. The minimum absolute atomic E-state index is 0.277. The van der Waals surface area contributed by atoms with Crippen LogP contribution in [0.1, 0.15) is 6.42 Å². The van der Waals surface area contributed by atoms with Crippen molar-refractivity contribution < 1.29 is 4.74 Å². The Hall–Kier alpha value is -0.000000000000000111. The topological polar surface area (TPSA) is 35.2 Å². The standard InChI is InChI=1S/C11H12Br3NO/c1-2-7(12)3-4-16-11-9(13)5-8(15)6-10(11)14/h2,5-7H,1,3-4,15H2. The number of benzene rings is 1. The van der Waals surface area contributed by atoms with Gasteiger partial charge in [-0.15, -0.1) is 6.58 Å². The number of rotatable bonds is 5. The molecule has 0 radical (unpaired) electrons. The molecule has 16 heavy (non-hydrogen) atoms. The lowest BCUT2D eigenvalue weighted by atomic mass is 10.3. The SMILES string of the molecule is C=CC(Br)CCOc1c(Br)cc(N)cc1Br. The summed E-state index contributed by atoms with van der Waals surface area (Å²) < 4.78 is 7.37. The van der Waals surface area contributed by atoms with Crippen LogP contribution in [0.4, 0.5) is 5.69 Å². The first-order valence-corrected chi connectivity index (χ1v) is 7.18. The molecule has 0 aliphatic carbocycles. The molecule has 0 aliphatic heterocycles. The molecule has 0 amide bonds. The van der Waals surface area contributed by atoms with Gasteiger partial charge < -0.3 is 10.5 Å². The molecule has 1 rings (SSSR count). The van der Waals surface area contributed by atoms with Crippen LogP contribution < -0.4 is 10.5 Å². The average Bonchev–Trinajstić information content (AvgIpc) is 2.21. The first kappa shape index (κ1) is 14.1. The van der Waals surface area contributed by atoms with Crippen LogP contribution in [0.3, 0.4) is 0 Å². The molecule has 0 fully saturated rings. The molecule has 0 saturated heterocycles. The number of allylic oxidation sites excluding steroid dienone is 1. The van der Waals surface area contributed by atoms with E-state index in [1.54, 1.807) is 0 Å². The first-order chi connectivity index (χ1) is 7.54. The van der Waals surface area contributed by atoms with Gasteiger partial charge in [-0.2, -0.15) is 0 Å². The predicted octanol–water partition coefficient (Wildman–Crippen LogP) is 4.51. The van der Waals surface area contributed by atoms with Gasteiger partial charge in [0.2, 0.25) is 0 Å². The van der Waals surface area contributed by atoms with Crippen LogP contribution in [0.5, 0.6) is 5.75 Å². The van der Waals surface area contributed by atoms with Crippen LogP contribution in [0, 0.1) is 0 Å². The molecular weight excluding hydrogens is 402 g/mol. The van der Waals surface area contributed by atoms with Gasteiger partial charge in [0.25, 0.3) is 0 Å². The number of nitrogen functional groups attached to an aromatic ring is 1. The summed E-state index contributed by atoms with van der Waals surface area (Å²) in [4.78, 5) is 0.277. The van der Waals surface area contributed by atoms with Crippen molar-refractivity contribution in [3.05, 3.63) is 33.7 Å². The lowest BCUT2D eigenvalue weighted by molar-refractivity contribution is 0.310. The van der Waals surface area contributed by atoms with Gasteiger partial charge in [0.05, 0.1) is 15.6 Å². The van der Waals surface area contributed by atoms with E-state index < -0.39 is 0 Å². The molecule has 88 valence electrons. The number of hydrogen-bond acceptors (Lipinski definition) is 2. The third-order valence-corrected chi connectivity index (χ3v) is 3.93. The quantitative estimate of drug-likeness (QED) is 0.438. The lowest BCUT2D eigenvalue weighted by Gasteiger charge is -2.11. The molecule has 2 nitrogen and oxygen atoms in total. The molecule has 0 saturated carbocycles. The first-order valence-electron chi connectivity index (χ1n) is 4.68. The van der Waals surface area contributed by atoms with Gasteiger partial charge in [-0.1, -0.05) is 22.0 Å². The Bertz CT molecular complexity index is 358. The number of nitrogens with two attached hydrogens (primary N) is 1. The maximum atomic E-state index is 5.69. The maximum Gasteiger partial charge on any atom is 0.147 e. The molecule has 0 aromatic heterocycles. The van der Waals surface area contributed by atoms with Gasteiger partial charge in [0, 0.05) is 10.5 Å². The molecule has 0 spiro atoms. The minimum atomic E-state index is 0.277. The molecule has 1 atom stereocenters. The van der Waals surface area contributed by atoms with Crippen molar-refractivity contribution in [2.75, 3.05) is 12.3 Å². The second-order valence-corrected chi connectivity index (χ2v) is 6.09. The van der Waals surface area contributed by atoms with Gasteiger partial charge in [0.15, 0.2) is 0 Å². The summed E-state index contributed by atoms with van der Waals surface area (Å²) in [5.74, 6) is 0.776. The Morgan fingerprint density at radius 2 is 1.94 bits per heavy atom. The van der Waals surface area contributed by atoms with E-state index in [1.807, 2.05) is 18.2 Å². The summed E-state index contributed by atoms with van der Waals surface area (Å²) in [6.45, 7) is 4.31. The van der Waals surface area contributed by atoms with E-state index in [9.17, 15) is 0 Å². The zero-order chi connectivity index (χ0) is 12.1. The second-order valence-electron chi connectivity index (χ2n) is 3.20. The second kappa shape index (κ2) is 6.67. The monoisotopic (exact) mass is 411 g/mol. The molecule has 0 aliphatic rings. The summed E-state index contributed by atoms with van der Waals surface area (Å²) in [6.07, 6.45) is 2.71. The summed E-state index contributed by atoms with van der Waals surface area (Å²) in [5.41, 5.74) is 6.38. The number of ether oxygens (including phenoxy) is 1. The Morgan fingerprint density at radius 1 is 1.38 bits per heavy atom. The summed E-state index contributed by atoms with van der Waals surface area (Å²) in [5, 5.41) is 0. The highest BCUT2D eigenvalue weighted by atomic mass is 79.9. The smallest absolute Gasteiger partial charge is 0.147 e. The van der Waals surface area contributed by atoms with E-state index in [-0.39, 0.29) is 4.83 Å². The number of halogens is 3. The summed E-state index contributed by atoms with van der Waals surface area (Å²) >= 11 is 10.3.